The zero-order valence-electron chi connectivity index (χ0n) is 12.8. The summed E-state index contributed by atoms with van der Waals surface area (Å²) >= 11 is 0. The first kappa shape index (κ1) is 21.8. The van der Waals surface area contributed by atoms with Crippen LogP contribution in [0.4, 0.5) is 0 Å². The van der Waals surface area contributed by atoms with Crippen LogP contribution in [0.1, 0.15) is 0 Å². The Bertz CT molecular complexity index is 233. The van der Waals surface area contributed by atoms with Crippen molar-refractivity contribution in [2.24, 2.45) is 0 Å². The number of quaternary nitrogens is 2. The van der Waals surface area contributed by atoms with Crippen molar-refractivity contribution < 1.29 is 28.8 Å². The zero-order valence-corrected chi connectivity index (χ0v) is 12.8. The monoisotopic (exact) mass is 264 g/mol. The molecule has 0 fully saturated rings. The fourth-order valence-corrected chi connectivity index (χ4v) is 0.143. The molecule has 0 amide bonds. The molecule has 0 saturated heterocycles. The van der Waals surface area contributed by atoms with Crippen LogP contribution in [0.5, 0.6) is 0 Å². The van der Waals surface area contributed by atoms with E-state index in [4.69, 9.17) is 10.2 Å². The molecule has 0 aromatic heterocycles. The van der Waals surface area contributed by atoms with E-state index >= 15 is 0 Å². The smallest absolute Gasteiger partial charge is 0.328 e. The van der Waals surface area contributed by atoms with Gasteiger partial charge in [0.25, 0.3) is 0 Å². The summed E-state index contributed by atoms with van der Waals surface area (Å²) in [5.74, 6) is -2.51. The Morgan fingerprint density at radius 2 is 0.778 bits per heavy atom. The molecule has 0 rings (SSSR count). The summed E-state index contributed by atoms with van der Waals surface area (Å²) < 4.78 is 2.00. The molecule has 2 N–H and O–H groups in total. The lowest BCUT2D eigenvalue weighted by molar-refractivity contribution is -0.849. The molecule has 0 atom stereocenters. The largest absolute Gasteiger partial charge is 0.478 e. The summed E-state index contributed by atoms with van der Waals surface area (Å²) in [5.41, 5.74) is 0. The van der Waals surface area contributed by atoms with Gasteiger partial charge >= 0.3 is 11.9 Å². The number of carbonyl (C=O) groups is 2. The van der Waals surface area contributed by atoms with Crippen molar-refractivity contribution >= 4 is 11.9 Å². The van der Waals surface area contributed by atoms with Gasteiger partial charge in [0.2, 0.25) is 0 Å². The van der Waals surface area contributed by atoms with E-state index in [2.05, 4.69) is 56.4 Å². The second kappa shape index (κ2) is 9.61. The fourth-order valence-electron chi connectivity index (χ4n) is 0.143. The van der Waals surface area contributed by atoms with E-state index in [0.717, 1.165) is 8.97 Å². The molecular formula is C12H28N2O4+2. The van der Waals surface area contributed by atoms with Crippen molar-refractivity contribution in [3.63, 3.8) is 0 Å². The maximum atomic E-state index is 9.55. The third kappa shape index (κ3) is 208. The van der Waals surface area contributed by atoms with Gasteiger partial charge in [0.15, 0.2) is 0 Å². The molecule has 0 radical (unpaired) electrons. The lowest BCUT2D eigenvalue weighted by Gasteiger charge is -2.14. The number of hydrogen-bond acceptors (Lipinski definition) is 2. The second-order valence-corrected chi connectivity index (χ2v) is 6.38. The average Bonchev–Trinajstić information content (AvgIpc) is 1.93. The summed E-state index contributed by atoms with van der Waals surface area (Å²) in [4.78, 5) is 19.1. The third-order valence-electron chi connectivity index (χ3n) is 0.368. The Morgan fingerprint density at radius 3 is 0.833 bits per heavy atom. The zero-order chi connectivity index (χ0) is 15.6. The number of carboxylic acid groups (broad SMARTS) is 2. The minimum atomic E-state index is -1.26. The van der Waals surface area contributed by atoms with Crippen molar-refractivity contribution in [1.29, 1.82) is 0 Å². The van der Waals surface area contributed by atoms with E-state index in [0.29, 0.717) is 12.2 Å². The molecule has 0 bridgehead atoms. The van der Waals surface area contributed by atoms with Gasteiger partial charge < -0.3 is 19.2 Å². The summed E-state index contributed by atoms with van der Waals surface area (Å²) in [6, 6.07) is 0. The molecule has 0 aliphatic rings. The molecule has 0 aromatic rings. The fraction of sp³-hybridized carbons (Fsp3) is 0.667. The van der Waals surface area contributed by atoms with Crippen molar-refractivity contribution in [1.82, 2.24) is 0 Å². The van der Waals surface area contributed by atoms with E-state index in [1.807, 2.05) is 0 Å². The van der Waals surface area contributed by atoms with Gasteiger partial charge in [0.1, 0.15) is 0 Å². The van der Waals surface area contributed by atoms with Crippen LogP contribution in [0.2, 0.25) is 0 Å². The maximum absolute atomic E-state index is 9.55. The average molecular weight is 264 g/mol. The van der Waals surface area contributed by atoms with Crippen LogP contribution in [0.25, 0.3) is 0 Å². The van der Waals surface area contributed by atoms with Gasteiger partial charge in [-0.2, -0.15) is 0 Å². The van der Waals surface area contributed by atoms with Crippen molar-refractivity contribution in [3.8, 4) is 0 Å². The predicted octanol–water partition coefficient (Wildman–Crippen LogP) is 0.357. The highest BCUT2D eigenvalue weighted by Gasteiger charge is 1.89. The van der Waals surface area contributed by atoms with Crippen LogP contribution >= 0.6 is 0 Å². The molecule has 0 spiro atoms. The Labute approximate surface area is 110 Å². The quantitative estimate of drug-likeness (QED) is 0.558. The number of carboxylic acids is 2. The lowest BCUT2D eigenvalue weighted by Crippen LogP contribution is -2.27. The molecular weight excluding hydrogens is 236 g/mol. The van der Waals surface area contributed by atoms with E-state index in [9.17, 15) is 9.59 Å². The first-order valence-corrected chi connectivity index (χ1v) is 5.34. The molecule has 6 nitrogen and oxygen atoms in total. The summed E-state index contributed by atoms with van der Waals surface area (Å²) in [6.45, 7) is 0. The second-order valence-electron chi connectivity index (χ2n) is 6.38. The molecule has 0 unspecified atom stereocenters. The molecule has 108 valence electrons. The minimum Gasteiger partial charge on any atom is -0.478 e. The first-order valence-electron chi connectivity index (χ1n) is 5.34. The van der Waals surface area contributed by atoms with Crippen LogP contribution in [0.15, 0.2) is 12.2 Å². The number of rotatable bonds is 2. The van der Waals surface area contributed by atoms with Crippen molar-refractivity contribution in [3.05, 3.63) is 12.2 Å². The van der Waals surface area contributed by atoms with Gasteiger partial charge in [-0.15, -0.1) is 0 Å². The maximum Gasteiger partial charge on any atom is 0.328 e. The highest BCUT2D eigenvalue weighted by atomic mass is 16.4. The lowest BCUT2D eigenvalue weighted by atomic mass is 10.5. The van der Waals surface area contributed by atoms with Gasteiger partial charge in [-0.3, -0.25) is 0 Å². The van der Waals surface area contributed by atoms with Gasteiger partial charge in [0.05, 0.1) is 56.4 Å². The SMILES string of the molecule is C[N+](C)(C)C.C[N+](C)(C)C.O=C(O)/C=C\C(=O)O. The Hall–Kier alpha value is -1.40. The molecule has 0 aliphatic heterocycles. The van der Waals surface area contributed by atoms with Crippen LogP contribution < -0.4 is 0 Å². The third-order valence-corrected chi connectivity index (χ3v) is 0.368. The van der Waals surface area contributed by atoms with E-state index in [-0.39, 0.29) is 0 Å². The highest BCUT2D eigenvalue weighted by molar-refractivity contribution is 5.89. The molecule has 6 heteroatoms. The van der Waals surface area contributed by atoms with Crippen molar-refractivity contribution in [2.75, 3.05) is 56.4 Å². The van der Waals surface area contributed by atoms with E-state index in [1.165, 1.54) is 0 Å². The molecule has 18 heavy (non-hydrogen) atoms. The van der Waals surface area contributed by atoms with Crippen LogP contribution in [0, 0.1) is 0 Å². The number of aliphatic carboxylic acids is 2. The van der Waals surface area contributed by atoms with Crippen LogP contribution in [-0.2, 0) is 9.59 Å². The number of hydrogen-bond donors (Lipinski definition) is 2. The first-order chi connectivity index (χ1) is 7.63. The van der Waals surface area contributed by atoms with Gasteiger partial charge in [-0.1, -0.05) is 0 Å². The summed E-state index contributed by atoms with van der Waals surface area (Å²) in [5, 5.41) is 15.6. The topological polar surface area (TPSA) is 74.6 Å². The predicted molar refractivity (Wildman–Crippen MR) is 72.3 cm³/mol. The summed E-state index contributed by atoms with van der Waals surface area (Å²) in [7, 11) is 17.0. The van der Waals surface area contributed by atoms with Gasteiger partial charge in [0, 0.05) is 12.2 Å². The normalized spacial score (nSPS) is 10.9. The van der Waals surface area contributed by atoms with Gasteiger partial charge in [-0.05, 0) is 0 Å². The van der Waals surface area contributed by atoms with E-state index < -0.39 is 11.9 Å². The standard InChI is InChI=1S/2C4H12N.C4H4O4/c2*1-5(2,3)4;5-3(6)1-2-4(7)8/h2*1-4H3;1-2H,(H,5,6)(H,7,8)/q2*+1;/b;;2-1-. The molecule has 0 aliphatic carbocycles. The highest BCUT2D eigenvalue weighted by Crippen LogP contribution is 1.74. The number of nitrogens with zero attached hydrogens (tertiary/aromatic N) is 2. The summed E-state index contributed by atoms with van der Waals surface area (Å²) in [6.07, 6.45) is 1.12. The van der Waals surface area contributed by atoms with Crippen molar-refractivity contribution in [2.45, 2.75) is 0 Å². The molecule has 0 aromatic carbocycles. The van der Waals surface area contributed by atoms with Crippen LogP contribution in [-0.4, -0.2) is 87.5 Å². The van der Waals surface area contributed by atoms with Gasteiger partial charge in [-0.25, -0.2) is 9.59 Å². The Morgan fingerprint density at radius 1 is 0.667 bits per heavy atom. The molecule has 0 heterocycles. The molecule has 0 saturated carbocycles. The minimum absolute atomic E-state index is 0.558. The Balaban J connectivity index is -0.000000197. The van der Waals surface area contributed by atoms with E-state index in [1.54, 1.807) is 0 Å². The Kier molecular flexibility index (Phi) is 11.7. The van der Waals surface area contributed by atoms with Crippen LogP contribution in [0.3, 0.4) is 0 Å².